The van der Waals surface area contributed by atoms with Crippen molar-refractivity contribution in [3.63, 3.8) is 0 Å². The van der Waals surface area contributed by atoms with E-state index in [0.29, 0.717) is 17.9 Å². The Morgan fingerprint density at radius 1 is 1.50 bits per heavy atom. The van der Waals surface area contributed by atoms with E-state index in [1.165, 1.54) is 19.2 Å². The van der Waals surface area contributed by atoms with Crippen molar-refractivity contribution < 1.29 is 19.4 Å². The topological polar surface area (TPSA) is 55.8 Å². The summed E-state index contributed by atoms with van der Waals surface area (Å²) in [5, 5.41) is 9.36. The summed E-state index contributed by atoms with van der Waals surface area (Å²) in [6, 6.07) is 4.44. The molecule has 14 heavy (non-hydrogen) atoms. The van der Waals surface area contributed by atoms with Crippen LogP contribution >= 0.6 is 0 Å². The largest absolute Gasteiger partial charge is 0.504 e. The molecular formula is C10H12O4. The Labute approximate surface area is 82.1 Å². The van der Waals surface area contributed by atoms with E-state index in [2.05, 4.69) is 0 Å². The minimum Gasteiger partial charge on any atom is -0.504 e. The van der Waals surface area contributed by atoms with Crippen LogP contribution in [0, 0.1) is 0 Å². The molecule has 0 unspecified atom stereocenters. The molecule has 0 saturated heterocycles. The van der Waals surface area contributed by atoms with E-state index < -0.39 is 0 Å². The van der Waals surface area contributed by atoms with E-state index >= 15 is 0 Å². The van der Waals surface area contributed by atoms with Gasteiger partial charge in [0.25, 0.3) is 0 Å². The van der Waals surface area contributed by atoms with Crippen molar-refractivity contribution in [1.82, 2.24) is 0 Å². The van der Waals surface area contributed by atoms with Crippen LogP contribution in [0.25, 0.3) is 0 Å². The Morgan fingerprint density at radius 3 is 2.71 bits per heavy atom. The second-order valence-electron chi connectivity index (χ2n) is 2.66. The maximum Gasteiger partial charge on any atom is 0.310 e. The average molecular weight is 196 g/mol. The van der Waals surface area contributed by atoms with Crippen molar-refractivity contribution in [2.24, 2.45) is 0 Å². The van der Waals surface area contributed by atoms with Gasteiger partial charge >= 0.3 is 5.97 Å². The molecular weight excluding hydrogens is 184 g/mol. The number of carbonyl (C=O) groups is 1. The van der Waals surface area contributed by atoms with Crippen LogP contribution in [0.4, 0.5) is 0 Å². The summed E-state index contributed by atoms with van der Waals surface area (Å²) in [4.78, 5) is 10.9. The third kappa shape index (κ3) is 2.39. The van der Waals surface area contributed by atoms with Crippen molar-refractivity contribution in [3.05, 3.63) is 18.2 Å². The lowest BCUT2D eigenvalue weighted by atomic mass is 10.3. The summed E-state index contributed by atoms with van der Waals surface area (Å²) in [5.74, 6) is 0.278. The van der Waals surface area contributed by atoms with Gasteiger partial charge in [0.15, 0.2) is 11.5 Å². The van der Waals surface area contributed by atoms with Gasteiger partial charge in [0.1, 0.15) is 5.75 Å². The fourth-order valence-electron chi connectivity index (χ4n) is 0.937. The molecule has 0 amide bonds. The van der Waals surface area contributed by atoms with Crippen LogP contribution in [0.5, 0.6) is 17.2 Å². The molecule has 0 atom stereocenters. The quantitative estimate of drug-likeness (QED) is 0.590. The number of esters is 1. The van der Waals surface area contributed by atoms with Gasteiger partial charge in [-0.2, -0.15) is 0 Å². The molecule has 0 aliphatic carbocycles. The molecule has 0 aliphatic rings. The third-order valence-corrected chi connectivity index (χ3v) is 1.67. The molecule has 1 rings (SSSR count). The number of phenols is 1. The Kier molecular flexibility index (Phi) is 3.34. The summed E-state index contributed by atoms with van der Waals surface area (Å²) in [6.45, 7) is 1.70. The molecule has 4 heteroatoms. The number of hydrogen-bond acceptors (Lipinski definition) is 4. The molecule has 0 fully saturated rings. The summed E-state index contributed by atoms with van der Waals surface area (Å²) < 4.78 is 9.73. The second-order valence-corrected chi connectivity index (χ2v) is 2.66. The first-order chi connectivity index (χ1) is 6.67. The zero-order chi connectivity index (χ0) is 10.6. The second kappa shape index (κ2) is 4.50. The maximum atomic E-state index is 10.9. The predicted octanol–water partition coefficient (Wildman–Crippen LogP) is 1.72. The highest BCUT2D eigenvalue weighted by Crippen LogP contribution is 2.29. The fourth-order valence-corrected chi connectivity index (χ4v) is 0.937. The summed E-state index contributed by atoms with van der Waals surface area (Å²) >= 11 is 0. The summed E-state index contributed by atoms with van der Waals surface area (Å²) in [5.41, 5.74) is 0. The van der Waals surface area contributed by atoms with Gasteiger partial charge in [-0.25, -0.2) is 0 Å². The SMILES string of the molecule is CCC(=O)Oc1ccc(OC)c(O)c1. The lowest BCUT2D eigenvalue weighted by molar-refractivity contribution is -0.134. The number of ether oxygens (including phenoxy) is 2. The molecule has 1 N–H and O–H groups in total. The highest BCUT2D eigenvalue weighted by molar-refractivity contribution is 5.72. The van der Waals surface area contributed by atoms with Gasteiger partial charge in [0.2, 0.25) is 0 Å². The summed E-state index contributed by atoms with van der Waals surface area (Å²) in [6.07, 6.45) is 0.298. The third-order valence-electron chi connectivity index (χ3n) is 1.67. The predicted molar refractivity (Wildman–Crippen MR) is 50.6 cm³/mol. The highest BCUT2D eigenvalue weighted by Gasteiger charge is 2.05. The van der Waals surface area contributed by atoms with Crippen molar-refractivity contribution >= 4 is 5.97 Å². The Balaban J connectivity index is 2.81. The summed E-state index contributed by atoms with van der Waals surface area (Å²) in [7, 11) is 1.45. The average Bonchev–Trinajstić information content (AvgIpc) is 2.18. The molecule has 0 saturated carbocycles. The number of methoxy groups -OCH3 is 1. The van der Waals surface area contributed by atoms with Crippen LogP contribution in [0.3, 0.4) is 0 Å². The van der Waals surface area contributed by atoms with Crippen molar-refractivity contribution in [1.29, 1.82) is 0 Å². The van der Waals surface area contributed by atoms with Crippen LogP contribution in [-0.4, -0.2) is 18.2 Å². The van der Waals surface area contributed by atoms with Gasteiger partial charge in [-0.05, 0) is 12.1 Å². The molecule has 0 heterocycles. The van der Waals surface area contributed by atoms with Crippen molar-refractivity contribution in [2.75, 3.05) is 7.11 Å². The van der Waals surface area contributed by atoms with Crippen LogP contribution in [0.2, 0.25) is 0 Å². The number of hydrogen-bond donors (Lipinski definition) is 1. The van der Waals surface area contributed by atoms with Crippen molar-refractivity contribution in [2.45, 2.75) is 13.3 Å². The first kappa shape index (κ1) is 10.4. The Morgan fingerprint density at radius 2 is 2.21 bits per heavy atom. The Bertz CT molecular complexity index is 333. The fraction of sp³-hybridized carbons (Fsp3) is 0.300. The van der Waals surface area contributed by atoms with Gasteiger partial charge in [-0.3, -0.25) is 4.79 Å². The van der Waals surface area contributed by atoms with Crippen LogP contribution in [0.15, 0.2) is 18.2 Å². The molecule has 0 radical (unpaired) electrons. The molecule has 0 bridgehead atoms. The van der Waals surface area contributed by atoms with Gasteiger partial charge in [0, 0.05) is 12.5 Å². The Hall–Kier alpha value is -1.71. The maximum absolute atomic E-state index is 10.9. The zero-order valence-electron chi connectivity index (χ0n) is 8.11. The van der Waals surface area contributed by atoms with E-state index in [0.717, 1.165) is 0 Å². The zero-order valence-corrected chi connectivity index (χ0v) is 8.11. The molecule has 1 aromatic rings. The lowest BCUT2D eigenvalue weighted by Crippen LogP contribution is -2.05. The molecule has 1 aromatic carbocycles. The first-order valence-corrected chi connectivity index (χ1v) is 4.25. The number of benzene rings is 1. The molecule has 76 valence electrons. The number of carbonyl (C=O) groups excluding carboxylic acids is 1. The van der Waals surface area contributed by atoms with Gasteiger partial charge in [0.05, 0.1) is 7.11 Å². The normalized spacial score (nSPS) is 9.57. The first-order valence-electron chi connectivity index (χ1n) is 4.25. The van der Waals surface area contributed by atoms with Crippen LogP contribution in [0.1, 0.15) is 13.3 Å². The minimum absolute atomic E-state index is 0.0473. The lowest BCUT2D eigenvalue weighted by Gasteiger charge is -2.06. The monoisotopic (exact) mass is 196 g/mol. The minimum atomic E-state index is -0.338. The van der Waals surface area contributed by atoms with Gasteiger partial charge in [-0.1, -0.05) is 6.92 Å². The van der Waals surface area contributed by atoms with E-state index in [-0.39, 0.29) is 11.7 Å². The van der Waals surface area contributed by atoms with Gasteiger partial charge < -0.3 is 14.6 Å². The molecule has 0 aliphatic heterocycles. The smallest absolute Gasteiger partial charge is 0.310 e. The van der Waals surface area contributed by atoms with E-state index in [1.54, 1.807) is 13.0 Å². The van der Waals surface area contributed by atoms with E-state index in [1.807, 2.05) is 0 Å². The molecule has 4 nitrogen and oxygen atoms in total. The number of aromatic hydroxyl groups is 1. The van der Waals surface area contributed by atoms with Crippen LogP contribution in [-0.2, 0) is 4.79 Å². The number of phenolic OH excluding ortho intramolecular Hbond substituents is 1. The van der Waals surface area contributed by atoms with E-state index in [4.69, 9.17) is 9.47 Å². The standard InChI is InChI=1S/C10H12O4/c1-3-10(12)14-7-4-5-9(13-2)8(11)6-7/h4-6,11H,3H2,1-2H3. The molecule has 0 spiro atoms. The van der Waals surface area contributed by atoms with E-state index in [9.17, 15) is 9.90 Å². The molecule has 0 aromatic heterocycles. The van der Waals surface area contributed by atoms with Gasteiger partial charge in [-0.15, -0.1) is 0 Å². The highest BCUT2D eigenvalue weighted by atomic mass is 16.5. The van der Waals surface area contributed by atoms with Crippen LogP contribution < -0.4 is 9.47 Å². The van der Waals surface area contributed by atoms with Crippen molar-refractivity contribution in [3.8, 4) is 17.2 Å². The number of rotatable bonds is 3.